The van der Waals surface area contributed by atoms with Crippen LogP contribution < -0.4 is 15.1 Å². The van der Waals surface area contributed by atoms with Crippen molar-refractivity contribution in [3.05, 3.63) is 47.8 Å². The zero-order valence-electron chi connectivity index (χ0n) is 18.0. The van der Waals surface area contributed by atoms with E-state index in [2.05, 4.69) is 39.3 Å². The normalized spacial score (nSPS) is 18.6. The van der Waals surface area contributed by atoms with E-state index < -0.39 is 0 Å². The molecule has 1 N–H and O–H groups in total. The summed E-state index contributed by atoms with van der Waals surface area (Å²) in [5, 5.41) is 3.14. The van der Waals surface area contributed by atoms with Crippen molar-refractivity contribution in [2.75, 3.05) is 43.0 Å². The molecule has 1 aliphatic heterocycles. The second-order valence-corrected chi connectivity index (χ2v) is 8.53. The Kier molecular flexibility index (Phi) is 6.82. The molecule has 0 saturated carbocycles. The Balaban J connectivity index is 1.23. The predicted octanol–water partition coefficient (Wildman–Crippen LogP) is 3.21. The molecule has 0 spiro atoms. The quantitative estimate of drug-likeness (QED) is 0.714. The fraction of sp³-hybridized carbons (Fsp3) is 0.542. The van der Waals surface area contributed by atoms with Crippen LogP contribution >= 0.6 is 0 Å². The monoisotopic (exact) mass is 407 g/mol. The third kappa shape index (κ3) is 5.10. The van der Waals surface area contributed by atoms with Crippen LogP contribution in [0, 0.1) is 5.92 Å². The van der Waals surface area contributed by atoms with Crippen LogP contribution in [-0.2, 0) is 17.6 Å². The first kappa shape index (κ1) is 20.6. The van der Waals surface area contributed by atoms with Crippen molar-refractivity contribution in [2.24, 2.45) is 5.92 Å². The standard InChI is InChI=1S/C24H33N5O/c1-28(21-9-4-2-5-10-21)14-8-13-25-23(30)19-11-12-22-20(17-19)18-26-24(27-22)29-15-6-3-7-16-29/h2,4-5,9-10,18-19H,3,6-8,11-17H2,1H3,(H,25,30)/t19-/m1/s1. The number of aromatic nitrogens is 2. The van der Waals surface area contributed by atoms with Gasteiger partial charge in [-0.1, -0.05) is 18.2 Å². The molecule has 0 bridgehead atoms. The molecule has 0 radical (unpaired) electrons. The topological polar surface area (TPSA) is 61.4 Å². The van der Waals surface area contributed by atoms with Crippen LogP contribution in [0.2, 0.25) is 0 Å². The average molecular weight is 408 g/mol. The van der Waals surface area contributed by atoms with Gasteiger partial charge in [0.25, 0.3) is 0 Å². The van der Waals surface area contributed by atoms with Crippen LogP contribution in [0.15, 0.2) is 36.5 Å². The first-order chi connectivity index (χ1) is 14.7. The molecule has 1 atom stereocenters. The minimum atomic E-state index is 0.0359. The van der Waals surface area contributed by atoms with Gasteiger partial charge in [-0.05, 0) is 62.6 Å². The van der Waals surface area contributed by atoms with Gasteiger partial charge in [-0.2, -0.15) is 0 Å². The molecule has 1 saturated heterocycles. The van der Waals surface area contributed by atoms with Crippen molar-refractivity contribution < 1.29 is 4.79 Å². The molecule has 1 fully saturated rings. The molecule has 1 aromatic heterocycles. The lowest BCUT2D eigenvalue weighted by molar-refractivity contribution is -0.125. The van der Waals surface area contributed by atoms with E-state index in [0.717, 1.165) is 62.5 Å². The predicted molar refractivity (Wildman–Crippen MR) is 121 cm³/mol. The van der Waals surface area contributed by atoms with Crippen molar-refractivity contribution >= 4 is 17.5 Å². The minimum absolute atomic E-state index is 0.0359. The summed E-state index contributed by atoms with van der Waals surface area (Å²) in [7, 11) is 2.09. The van der Waals surface area contributed by atoms with E-state index in [1.807, 2.05) is 24.4 Å². The Morgan fingerprint density at radius 2 is 2.00 bits per heavy atom. The number of carbonyl (C=O) groups excluding carboxylic acids is 1. The van der Waals surface area contributed by atoms with Gasteiger partial charge < -0.3 is 15.1 Å². The van der Waals surface area contributed by atoms with E-state index >= 15 is 0 Å². The summed E-state index contributed by atoms with van der Waals surface area (Å²) in [6.45, 7) is 3.75. The number of para-hydroxylation sites is 1. The Bertz CT molecular complexity index is 835. The molecule has 2 aliphatic rings. The molecule has 30 heavy (non-hydrogen) atoms. The maximum Gasteiger partial charge on any atom is 0.225 e. The minimum Gasteiger partial charge on any atom is -0.375 e. The zero-order chi connectivity index (χ0) is 20.8. The highest BCUT2D eigenvalue weighted by Gasteiger charge is 2.26. The lowest BCUT2D eigenvalue weighted by Gasteiger charge is -2.28. The highest BCUT2D eigenvalue weighted by atomic mass is 16.1. The summed E-state index contributed by atoms with van der Waals surface area (Å²) < 4.78 is 0. The Morgan fingerprint density at radius 1 is 1.20 bits per heavy atom. The van der Waals surface area contributed by atoms with Gasteiger partial charge in [0.15, 0.2) is 0 Å². The SMILES string of the molecule is CN(CCCNC(=O)[C@@H]1CCc2nc(N3CCCCC3)ncc2C1)c1ccccc1. The van der Waals surface area contributed by atoms with Gasteiger partial charge in [-0.3, -0.25) is 4.79 Å². The maximum atomic E-state index is 12.7. The van der Waals surface area contributed by atoms with E-state index in [1.54, 1.807) is 0 Å². The van der Waals surface area contributed by atoms with E-state index in [-0.39, 0.29) is 11.8 Å². The van der Waals surface area contributed by atoms with Crippen LogP contribution in [0.1, 0.15) is 43.4 Å². The van der Waals surface area contributed by atoms with Gasteiger partial charge in [0.05, 0.1) is 0 Å². The summed E-state index contributed by atoms with van der Waals surface area (Å²) in [6, 6.07) is 10.3. The van der Waals surface area contributed by atoms with E-state index in [0.29, 0.717) is 6.54 Å². The van der Waals surface area contributed by atoms with Crippen LogP contribution in [0.5, 0.6) is 0 Å². The second kappa shape index (κ2) is 9.92. The molecular formula is C24H33N5O. The second-order valence-electron chi connectivity index (χ2n) is 8.53. The summed E-state index contributed by atoms with van der Waals surface area (Å²) >= 11 is 0. The molecular weight excluding hydrogens is 374 g/mol. The molecule has 1 aromatic carbocycles. The Labute approximate surface area is 179 Å². The number of carbonyl (C=O) groups is 1. The number of hydrogen-bond donors (Lipinski definition) is 1. The molecule has 2 aromatic rings. The lowest BCUT2D eigenvalue weighted by atomic mass is 9.86. The number of piperidine rings is 1. The zero-order valence-corrected chi connectivity index (χ0v) is 18.0. The highest BCUT2D eigenvalue weighted by molar-refractivity contribution is 5.79. The highest BCUT2D eigenvalue weighted by Crippen LogP contribution is 2.26. The number of nitrogens with zero attached hydrogens (tertiary/aromatic N) is 4. The van der Waals surface area contributed by atoms with Crippen molar-refractivity contribution in [1.29, 1.82) is 0 Å². The number of aryl methyl sites for hydroxylation is 1. The third-order valence-electron chi connectivity index (χ3n) is 6.31. The first-order valence-corrected chi connectivity index (χ1v) is 11.3. The Hall–Kier alpha value is -2.63. The fourth-order valence-electron chi connectivity index (χ4n) is 4.45. The van der Waals surface area contributed by atoms with Gasteiger partial charge in [0, 0.05) is 56.7 Å². The summed E-state index contributed by atoms with van der Waals surface area (Å²) in [5.74, 6) is 1.08. The molecule has 6 heteroatoms. The van der Waals surface area contributed by atoms with Crippen molar-refractivity contribution in [1.82, 2.24) is 15.3 Å². The van der Waals surface area contributed by atoms with Crippen LogP contribution in [-0.4, -0.2) is 49.1 Å². The van der Waals surface area contributed by atoms with E-state index in [9.17, 15) is 4.79 Å². The number of fused-ring (bicyclic) bond motifs is 1. The van der Waals surface area contributed by atoms with Crippen molar-refractivity contribution in [3.8, 4) is 0 Å². The van der Waals surface area contributed by atoms with Crippen molar-refractivity contribution in [3.63, 3.8) is 0 Å². The smallest absolute Gasteiger partial charge is 0.225 e. The number of anilines is 2. The van der Waals surface area contributed by atoms with Crippen molar-refractivity contribution in [2.45, 2.75) is 44.9 Å². The van der Waals surface area contributed by atoms with E-state index in [1.165, 1.54) is 24.9 Å². The summed E-state index contributed by atoms with van der Waals surface area (Å²) in [5.41, 5.74) is 3.49. The molecule has 0 unspecified atom stereocenters. The van der Waals surface area contributed by atoms with Crippen LogP contribution in [0.3, 0.4) is 0 Å². The van der Waals surface area contributed by atoms with Crippen LogP contribution in [0.4, 0.5) is 11.6 Å². The first-order valence-electron chi connectivity index (χ1n) is 11.3. The third-order valence-corrected chi connectivity index (χ3v) is 6.31. The lowest BCUT2D eigenvalue weighted by Crippen LogP contribution is -2.36. The molecule has 2 heterocycles. The largest absolute Gasteiger partial charge is 0.375 e. The summed E-state index contributed by atoms with van der Waals surface area (Å²) in [6.07, 6.45) is 9.15. The summed E-state index contributed by atoms with van der Waals surface area (Å²) in [4.78, 5) is 26.6. The van der Waals surface area contributed by atoms with Crippen LogP contribution in [0.25, 0.3) is 0 Å². The van der Waals surface area contributed by atoms with Gasteiger partial charge in [-0.25, -0.2) is 9.97 Å². The number of benzene rings is 1. The van der Waals surface area contributed by atoms with Gasteiger partial charge in [0.2, 0.25) is 11.9 Å². The average Bonchev–Trinajstić information content (AvgIpc) is 2.82. The number of nitrogens with one attached hydrogen (secondary N) is 1. The number of hydrogen-bond acceptors (Lipinski definition) is 5. The number of amides is 1. The number of rotatable bonds is 7. The molecule has 1 amide bonds. The van der Waals surface area contributed by atoms with Gasteiger partial charge in [0.1, 0.15) is 0 Å². The fourth-order valence-corrected chi connectivity index (χ4v) is 4.45. The van der Waals surface area contributed by atoms with Gasteiger partial charge in [-0.15, -0.1) is 0 Å². The molecule has 160 valence electrons. The van der Waals surface area contributed by atoms with E-state index in [4.69, 9.17) is 4.98 Å². The maximum absolute atomic E-state index is 12.7. The molecule has 6 nitrogen and oxygen atoms in total. The molecule has 4 rings (SSSR count). The van der Waals surface area contributed by atoms with Gasteiger partial charge >= 0.3 is 0 Å². The molecule has 1 aliphatic carbocycles. The Morgan fingerprint density at radius 3 is 2.80 bits per heavy atom.